The Kier molecular flexibility index (Phi) is 6.51. The van der Waals surface area contributed by atoms with E-state index in [-0.39, 0.29) is 18.4 Å². The van der Waals surface area contributed by atoms with Crippen LogP contribution in [0, 0.1) is 0 Å². The zero-order chi connectivity index (χ0) is 17.4. The highest BCUT2D eigenvalue weighted by Gasteiger charge is 2.09. The Morgan fingerprint density at radius 2 is 1.58 bits per heavy atom. The van der Waals surface area contributed by atoms with Crippen molar-refractivity contribution in [3.63, 3.8) is 0 Å². The fourth-order valence-corrected chi connectivity index (χ4v) is 2.25. The molecule has 0 radical (unpaired) electrons. The molecule has 0 fully saturated rings. The minimum absolute atomic E-state index is 0.199. The summed E-state index contributed by atoms with van der Waals surface area (Å²) in [6.45, 7) is 2.21. The number of aliphatic hydroxyl groups excluding tert-OH is 1. The Balaban J connectivity index is 1.90. The molecule has 2 aromatic carbocycles. The second-order valence-electron chi connectivity index (χ2n) is 5.55. The molecule has 0 aromatic heterocycles. The first-order valence-corrected chi connectivity index (χ1v) is 8.03. The largest absolute Gasteiger partial charge is 0.391 e. The van der Waals surface area contributed by atoms with E-state index in [1.807, 2.05) is 13.0 Å². The van der Waals surface area contributed by atoms with Crippen LogP contribution in [0.2, 0.25) is 0 Å². The Labute approximate surface area is 141 Å². The first-order valence-electron chi connectivity index (χ1n) is 8.03. The minimum Gasteiger partial charge on any atom is -0.391 e. The second kappa shape index (κ2) is 8.84. The Bertz CT molecular complexity index is 669. The number of carbonyl (C=O) groups is 2. The van der Waals surface area contributed by atoms with Gasteiger partial charge in [-0.05, 0) is 42.8 Å². The molecule has 3 N–H and O–H groups in total. The maximum Gasteiger partial charge on any atom is 0.255 e. The van der Waals surface area contributed by atoms with Crippen molar-refractivity contribution in [3.05, 3.63) is 65.7 Å². The van der Waals surface area contributed by atoms with E-state index >= 15 is 0 Å². The average molecular weight is 326 g/mol. The summed E-state index contributed by atoms with van der Waals surface area (Å²) in [7, 11) is 0. The van der Waals surface area contributed by atoms with E-state index in [1.54, 1.807) is 48.5 Å². The third kappa shape index (κ3) is 5.21. The summed E-state index contributed by atoms with van der Waals surface area (Å²) >= 11 is 0. The summed E-state index contributed by atoms with van der Waals surface area (Å²) in [6, 6.07) is 15.6. The number of hydrogen-bond acceptors (Lipinski definition) is 3. The van der Waals surface area contributed by atoms with Crippen LogP contribution >= 0.6 is 0 Å². The van der Waals surface area contributed by atoms with Crippen molar-refractivity contribution < 1.29 is 14.7 Å². The molecule has 1 atom stereocenters. The van der Waals surface area contributed by atoms with Crippen molar-refractivity contribution in [2.45, 2.75) is 25.9 Å². The third-order valence-electron chi connectivity index (χ3n) is 3.56. The maximum absolute atomic E-state index is 12.1. The fourth-order valence-electron chi connectivity index (χ4n) is 2.25. The van der Waals surface area contributed by atoms with Gasteiger partial charge >= 0.3 is 0 Å². The van der Waals surface area contributed by atoms with Crippen LogP contribution in [0.5, 0.6) is 0 Å². The molecule has 0 aliphatic heterocycles. The number of nitrogens with one attached hydrogen (secondary N) is 2. The number of benzene rings is 2. The number of amides is 2. The number of anilines is 1. The Morgan fingerprint density at radius 1 is 0.958 bits per heavy atom. The van der Waals surface area contributed by atoms with Crippen LogP contribution in [-0.4, -0.2) is 29.6 Å². The zero-order valence-corrected chi connectivity index (χ0v) is 13.7. The normalized spacial score (nSPS) is 11.6. The van der Waals surface area contributed by atoms with Crippen LogP contribution in [0.25, 0.3) is 0 Å². The lowest BCUT2D eigenvalue weighted by Gasteiger charge is -2.11. The van der Waals surface area contributed by atoms with E-state index in [0.29, 0.717) is 23.2 Å². The van der Waals surface area contributed by atoms with Gasteiger partial charge in [0.1, 0.15) is 0 Å². The van der Waals surface area contributed by atoms with Crippen molar-refractivity contribution in [3.8, 4) is 0 Å². The van der Waals surface area contributed by atoms with Gasteiger partial charge in [0.25, 0.3) is 11.8 Å². The molecule has 0 spiro atoms. The van der Waals surface area contributed by atoms with E-state index in [9.17, 15) is 14.7 Å². The lowest BCUT2D eigenvalue weighted by atomic mass is 10.1. The lowest BCUT2D eigenvalue weighted by molar-refractivity contribution is 0.0910. The third-order valence-corrected chi connectivity index (χ3v) is 3.56. The first kappa shape index (κ1) is 17.7. The molecule has 126 valence electrons. The number of carbonyl (C=O) groups excluding carboxylic acids is 2. The SMILES string of the molecule is CCCC(O)CNC(=O)c1ccc(NC(=O)c2ccccc2)cc1. The van der Waals surface area contributed by atoms with Crippen LogP contribution in [0.4, 0.5) is 5.69 Å². The molecule has 0 aliphatic rings. The van der Waals surface area contributed by atoms with Gasteiger partial charge in [-0.2, -0.15) is 0 Å². The minimum atomic E-state index is -0.525. The molecule has 0 saturated heterocycles. The average Bonchev–Trinajstić information content (AvgIpc) is 2.61. The van der Waals surface area contributed by atoms with Crippen LogP contribution < -0.4 is 10.6 Å². The number of rotatable bonds is 7. The zero-order valence-electron chi connectivity index (χ0n) is 13.7. The van der Waals surface area contributed by atoms with E-state index in [0.717, 1.165) is 6.42 Å². The highest BCUT2D eigenvalue weighted by atomic mass is 16.3. The predicted octanol–water partition coefficient (Wildman–Crippen LogP) is 2.83. The summed E-state index contributed by atoms with van der Waals surface area (Å²) in [5.41, 5.74) is 1.67. The van der Waals surface area contributed by atoms with Crippen LogP contribution in [-0.2, 0) is 0 Å². The molecule has 0 aliphatic carbocycles. The smallest absolute Gasteiger partial charge is 0.255 e. The molecule has 24 heavy (non-hydrogen) atoms. The molecular weight excluding hydrogens is 304 g/mol. The quantitative estimate of drug-likeness (QED) is 0.732. The van der Waals surface area contributed by atoms with E-state index < -0.39 is 6.10 Å². The maximum atomic E-state index is 12.1. The molecule has 2 aromatic rings. The summed E-state index contributed by atoms with van der Waals surface area (Å²) in [5, 5.41) is 15.1. The molecular formula is C19H22N2O3. The first-order chi connectivity index (χ1) is 11.6. The predicted molar refractivity (Wildman–Crippen MR) is 94.1 cm³/mol. The molecule has 0 bridgehead atoms. The molecule has 5 heteroatoms. The fraction of sp³-hybridized carbons (Fsp3) is 0.263. The Morgan fingerprint density at radius 3 is 2.21 bits per heavy atom. The van der Waals surface area contributed by atoms with Gasteiger partial charge in [0.15, 0.2) is 0 Å². The Hall–Kier alpha value is -2.66. The van der Waals surface area contributed by atoms with Crippen LogP contribution in [0.3, 0.4) is 0 Å². The van der Waals surface area contributed by atoms with E-state index in [1.165, 1.54) is 0 Å². The highest BCUT2D eigenvalue weighted by Crippen LogP contribution is 2.11. The summed E-state index contributed by atoms with van der Waals surface area (Å²) in [6.07, 6.45) is 1.00. The van der Waals surface area contributed by atoms with Crippen LogP contribution in [0.15, 0.2) is 54.6 Å². The molecule has 0 heterocycles. The number of hydrogen-bond donors (Lipinski definition) is 3. The van der Waals surface area contributed by atoms with Gasteiger partial charge in [-0.15, -0.1) is 0 Å². The van der Waals surface area contributed by atoms with Gasteiger partial charge in [-0.1, -0.05) is 31.5 Å². The molecule has 2 rings (SSSR count). The van der Waals surface area contributed by atoms with Gasteiger partial charge < -0.3 is 15.7 Å². The van der Waals surface area contributed by atoms with Gasteiger partial charge in [0.05, 0.1) is 6.10 Å². The van der Waals surface area contributed by atoms with E-state index in [4.69, 9.17) is 0 Å². The molecule has 0 saturated carbocycles. The number of aliphatic hydroxyl groups is 1. The van der Waals surface area contributed by atoms with Crippen molar-refractivity contribution >= 4 is 17.5 Å². The standard InChI is InChI=1S/C19H22N2O3/c1-2-6-17(22)13-20-18(23)15-9-11-16(12-10-15)21-19(24)14-7-4-3-5-8-14/h3-5,7-12,17,22H,2,6,13H2,1H3,(H,20,23)(H,21,24). The molecule has 5 nitrogen and oxygen atoms in total. The van der Waals surface area contributed by atoms with Gasteiger partial charge in [-0.3, -0.25) is 9.59 Å². The van der Waals surface area contributed by atoms with Crippen molar-refractivity contribution in [2.75, 3.05) is 11.9 Å². The summed E-state index contributed by atoms with van der Waals surface area (Å²) < 4.78 is 0. The summed E-state index contributed by atoms with van der Waals surface area (Å²) in [4.78, 5) is 24.1. The summed E-state index contributed by atoms with van der Waals surface area (Å²) in [5.74, 6) is -0.443. The molecule has 1 unspecified atom stereocenters. The second-order valence-corrected chi connectivity index (χ2v) is 5.55. The van der Waals surface area contributed by atoms with Gasteiger partial charge in [-0.25, -0.2) is 0 Å². The van der Waals surface area contributed by atoms with Crippen LogP contribution in [0.1, 0.15) is 40.5 Å². The van der Waals surface area contributed by atoms with Crippen molar-refractivity contribution in [2.24, 2.45) is 0 Å². The van der Waals surface area contributed by atoms with Crippen molar-refractivity contribution in [1.29, 1.82) is 0 Å². The van der Waals surface area contributed by atoms with Gasteiger partial charge in [0.2, 0.25) is 0 Å². The van der Waals surface area contributed by atoms with Gasteiger partial charge in [0, 0.05) is 23.4 Å². The lowest BCUT2D eigenvalue weighted by Crippen LogP contribution is -2.31. The molecule has 2 amide bonds. The van der Waals surface area contributed by atoms with E-state index in [2.05, 4.69) is 10.6 Å². The van der Waals surface area contributed by atoms with Crippen molar-refractivity contribution in [1.82, 2.24) is 5.32 Å². The highest BCUT2D eigenvalue weighted by molar-refractivity contribution is 6.04. The topological polar surface area (TPSA) is 78.4 Å². The monoisotopic (exact) mass is 326 g/mol.